The Morgan fingerprint density at radius 1 is 1.13 bits per heavy atom. The summed E-state index contributed by atoms with van der Waals surface area (Å²) in [5.41, 5.74) is 3.91. The first-order valence-corrected chi connectivity index (χ1v) is 11.2. The quantitative estimate of drug-likeness (QED) is 0.658. The lowest BCUT2D eigenvalue weighted by molar-refractivity contribution is -0.906. The molecule has 1 aromatic heterocycles. The third-order valence-corrected chi connectivity index (χ3v) is 6.57. The number of fused-ring (bicyclic) bond motifs is 1. The second-order valence-corrected chi connectivity index (χ2v) is 8.99. The van der Waals surface area contributed by atoms with Crippen LogP contribution in [0.15, 0.2) is 42.5 Å². The summed E-state index contributed by atoms with van der Waals surface area (Å²) in [6.45, 7) is 7.15. The highest BCUT2D eigenvalue weighted by Crippen LogP contribution is 2.30. The van der Waals surface area contributed by atoms with Crippen molar-refractivity contribution in [3.63, 3.8) is 0 Å². The predicted molar refractivity (Wildman–Crippen MR) is 123 cm³/mol. The predicted octanol–water partition coefficient (Wildman–Crippen LogP) is 2.23. The molecule has 1 saturated heterocycles. The minimum atomic E-state index is 0.00347. The third-order valence-electron chi connectivity index (χ3n) is 5.53. The van der Waals surface area contributed by atoms with Gasteiger partial charge in [-0.1, -0.05) is 17.4 Å². The Morgan fingerprint density at radius 3 is 2.57 bits per heavy atom. The van der Waals surface area contributed by atoms with E-state index in [4.69, 9.17) is 9.72 Å². The van der Waals surface area contributed by atoms with Gasteiger partial charge in [-0.3, -0.25) is 9.69 Å². The van der Waals surface area contributed by atoms with Gasteiger partial charge in [0.05, 0.1) is 36.5 Å². The Balaban J connectivity index is 1.61. The third kappa shape index (κ3) is 4.64. The van der Waals surface area contributed by atoms with Crippen LogP contribution in [0, 0.1) is 6.92 Å². The molecule has 0 atom stereocenters. The molecule has 1 aliphatic heterocycles. The van der Waals surface area contributed by atoms with Crippen molar-refractivity contribution < 1.29 is 14.4 Å². The molecule has 6 nitrogen and oxygen atoms in total. The largest absolute Gasteiger partial charge is 0.378 e. The van der Waals surface area contributed by atoms with Crippen LogP contribution in [-0.4, -0.2) is 64.4 Å². The summed E-state index contributed by atoms with van der Waals surface area (Å²) in [7, 11) is 3.99. The van der Waals surface area contributed by atoms with Crippen LogP contribution in [0.1, 0.15) is 15.9 Å². The Labute approximate surface area is 181 Å². The van der Waals surface area contributed by atoms with Gasteiger partial charge in [0, 0.05) is 25.3 Å². The highest BCUT2D eigenvalue weighted by atomic mass is 32.1. The van der Waals surface area contributed by atoms with E-state index in [1.54, 1.807) is 11.3 Å². The lowest BCUT2D eigenvalue weighted by Crippen LogP contribution is -3.14. The van der Waals surface area contributed by atoms with E-state index in [1.807, 2.05) is 54.2 Å². The number of rotatable bonds is 6. The number of carbonyl (C=O) groups excluding carboxylic acids is 1. The van der Waals surface area contributed by atoms with Crippen LogP contribution in [0.5, 0.6) is 0 Å². The number of thiazole rings is 1. The average Bonchev–Trinajstić information content (AvgIpc) is 3.17. The summed E-state index contributed by atoms with van der Waals surface area (Å²) in [6.07, 6.45) is 0. The van der Waals surface area contributed by atoms with Gasteiger partial charge in [0.1, 0.15) is 13.1 Å². The topological polar surface area (TPSA) is 50.1 Å². The van der Waals surface area contributed by atoms with E-state index >= 15 is 0 Å². The van der Waals surface area contributed by atoms with Crippen LogP contribution in [0.2, 0.25) is 0 Å². The molecule has 2 aromatic carbocycles. The number of quaternary nitrogens is 1. The molecule has 1 N–H and O–H groups in total. The molecule has 2 heterocycles. The van der Waals surface area contributed by atoms with E-state index in [1.165, 1.54) is 10.5 Å². The van der Waals surface area contributed by atoms with Crippen molar-refractivity contribution in [2.24, 2.45) is 0 Å². The molecular weight excluding hydrogens is 396 g/mol. The van der Waals surface area contributed by atoms with Gasteiger partial charge in [-0.25, -0.2) is 4.98 Å². The lowest BCUT2D eigenvalue weighted by atomic mass is 10.1. The van der Waals surface area contributed by atoms with Crippen LogP contribution < -0.4 is 14.7 Å². The summed E-state index contributed by atoms with van der Waals surface area (Å²) in [6, 6.07) is 14.0. The summed E-state index contributed by atoms with van der Waals surface area (Å²) in [5, 5.41) is 0.768. The Morgan fingerprint density at radius 2 is 1.87 bits per heavy atom. The Kier molecular flexibility index (Phi) is 6.32. The summed E-state index contributed by atoms with van der Waals surface area (Å²) < 4.78 is 6.59. The van der Waals surface area contributed by atoms with Gasteiger partial charge < -0.3 is 14.5 Å². The summed E-state index contributed by atoms with van der Waals surface area (Å²) in [5.74, 6) is 0.00347. The molecule has 7 heteroatoms. The Bertz CT molecular complexity index is 1010. The molecule has 0 saturated carbocycles. The summed E-state index contributed by atoms with van der Waals surface area (Å²) in [4.78, 5) is 23.6. The van der Waals surface area contributed by atoms with Crippen molar-refractivity contribution >= 4 is 38.3 Å². The summed E-state index contributed by atoms with van der Waals surface area (Å²) >= 11 is 1.59. The van der Waals surface area contributed by atoms with E-state index < -0.39 is 0 Å². The van der Waals surface area contributed by atoms with Gasteiger partial charge in [-0.2, -0.15) is 0 Å². The van der Waals surface area contributed by atoms with Gasteiger partial charge in [0.2, 0.25) is 0 Å². The van der Waals surface area contributed by atoms with Gasteiger partial charge in [-0.05, 0) is 48.9 Å². The number of morpholine rings is 1. The molecule has 1 aliphatic rings. The molecule has 0 spiro atoms. The normalized spacial score (nSPS) is 14.8. The fourth-order valence-corrected chi connectivity index (χ4v) is 4.75. The molecular formula is C23H29N4O2S+. The van der Waals surface area contributed by atoms with E-state index in [2.05, 4.69) is 19.1 Å². The lowest BCUT2D eigenvalue weighted by Gasteiger charge is -2.27. The van der Waals surface area contributed by atoms with Crippen LogP contribution in [0.3, 0.4) is 0 Å². The number of carbonyl (C=O) groups is 1. The zero-order valence-electron chi connectivity index (χ0n) is 17.9. The smallest absolute Gasteiger partial charge is 0.260 e. The molecule has 4 rings (SSSR count). The van der Waals surface area contributed by atoms with Crippen LogP contribution >= 0.6 is 11.3 Å². The number of nitrogens with zero attached hydrogens (tertiary/aromatic N) is 3. The number of anilines is 2. The monoisotopic (exact) mass is 425 g/mol. The fraction of sp³-hybridized carbons (Fsp3) is 0.391. The van der Waals surface area contributed by atoms with Crippen molar-refractivity contribution in [2.45, 2.75) is 6.92 Å². The first kappa shape index (κ1) is 20.8. The van der Waals surface area contributed by atoms with Crippen LogP contribution in [0.25, 0.3) is 10.2 Å². The zero-order chi connectivity index (χ0) is 21.1. The van der Waals surface area contributed by atoms with E-state index in [9.17, 15) is 4.79 Å². The number of hydrogen-bond acceptors (Lipinski definition) is 5. The number of hydrogen-bond donors (Lipinski definition) is 1. The van der Waals surface area contributed by atoms with Crippen molar-refractivity contribution in [1.29, 1.82) is 0 Å². The minimum absolute atomic E-state index is 0.00347. The second-order valence-electron chi connectivity index (χ2n) is 7.98. The molecule has 30 heavy (non-hydrogen) atoms. The molecule has 0 bridgehead atoms. The first-order chi connectivity index (χ1) is 14.5. The molecule has 1 fully saturated rings. The molecule has 0 aliphatic carbocycles. The van der Waals surface area contributed by atoms with Crippen LogP contribution in [-0.2, 0) is 4.74 Å². The number of ether oxygens (including phenoxy) is 1. The highest BCUT2D eigenvalue weighted by Gasteiger charge is 2.24. The Hall–Kier alpha value is -2.48. The maximum Gasteiger partial charge on any atom is 0.260 e. The molecule has 158 valence electrons. The van der Waals surface area contributed by atoms with Gasteiger partial charge in [0.25, 0.3) is 5.91 Å². The van der Waals surface area contributed by atoms with Crippen molar-refractivity contribution in [3.8, 4) is 0 Å². The van der Waals surface area contributed by atoms with Gasteiger partial charge in [0.15, 0.2) is 5.13 Å². The number of amides is 1. The first-order valence-electron chi connectivity index (χ1n) is 10.4. The molecule has 0 radical (unpaired) electrons. The van der Waals surface area contributed by atoms with Gasteiger partial charge >= 0.3 is 0 Å². The van der Waals surface area contributed by atoms with E-state index in [0.717, 1.165) is 53.9 Å². The zero-order valence-corrected chi connectivity index (χ0v) is 18.7. The number of aryl methyl sites for hydroxylation is 1. The average molecular weight is 426 g/mol. The SMILES string of the molecule is Cc1ccc2nc(N(CC[NH+]3CCOCC3)C(=O)c3ccc(N(C)C)cc3)sc2c1. The highest BCUT2D eigenvalue weighted by molar-refractivity contribution is 7.22. The molecule has 1 amide bonds. The minimum Gasteiger partial charge on any atom is -0.378 e. The number of nitrogens with one attached hydrogen (secondary N) is 1. The number of benzene rings is 2. The van der Waals surface area contributed by atoms with Gasteiger partial charge in [-0.15, -0.1) is 0 Å². The van der Waals surface area contributed by atoms with Crippen molar-refractivity contribution in [3.05, 3.63) is 53.6 Å². The van der Waals surface area contributed by atoms with Crippen molar-refractivity contribution in [1.82, 2.24) is 4.98 Å². The number of aromatic nitrogens is 1. The van der Waals surface area contributed by atoms with E-state index in [-0.39, 0.29) is 5.91 Å². The fourth-order valence-electron chi connectivity index (χ4n) is 3.66. The second kappa shape index (κ2) is 9.12. The van der Waals surface area contributed by atoms with Crippen LogP contribution in [0.4, 0.5) is 10.8 Å². The van der Waals surface area contributed by atoms with E-state index in [0.29, 0.717) is 12.1 Å². The molecule has 3 aromatic rings. The standard InChI is InChI=1S/C23H28N4O2S/c1-17-4-9-20-21(16-17)30-23(24-20)27(11-10-26-12-14-29-15-13-26)22(28)18-5-7-19(8-6-18)25(2)3/h4-9,16H,10-15H2,1-3H3/p+1. The van der Waals surface area contributed by atoms with Crippen molar-refractivity contribution in [2.75, 3.05) is 63.3 Å². The molecule has 0 unspecified atom stereocenters. The maximum atomic E-state index is 13.5. The maximum absolute atomic E-state index is 13.5.